The van der Waals surface area contributed by atoms with Crippen LogP contribution in [0.15, 0.2) is 36.9 Å². The second-order valence-electron chi connectivity index (χ2n) is 9.88. The van der Waals surface area contributed by atoms with E-state index in [1.165, 1.54) is 120 Å². The average molecular weight is 495 g/mol. The van der Waals surface area contributed by atoms with Crippen LogP contribution in [0.3, 0.4) is 0 Å². The number of halogens is 1. The lowest BCUT2D eigenvalue weighted by Gasteiger charge is -2.27. The Labute approximate surface area is 206 Å². The van der Waals surface area contributed by atoms with Crippen LogP contribution >= 0.6 is 0 Å². The molecule has 0 unspecified atom stereocenters. The summed E-state index contributed by atoms with van der Waals surface area (Å²) in [7, 11) is 4.48. The van der Waals surface area contributed by atoms with Crippen molar-refractivity contribution in [3.8, 4) is 0 Å². The highest BCUT2D eigenvalue weighted by Gasteiger charge is 2.16. The first-order valence-electron chi connectivity index (χ1n) is 13.1. The van der Waals surface area contributed by atoms with Crippen LogP contribution in [-0.4, -0.2) is 20.6 Å². The smallest absolute Gasteiger partial charge is 0.132 e. The Morgan fingerprint density at radius 1 is 0.645 bits per heavy atom. The Morgan fingerprint density at radius 3 is 1.42 bits per heavy atom. The van der Waals surface area contributed by atoms with E-state index in [1.807, 2.05) is 6.08 Å². The molecule has 0 N–H and O–H groups in total. The lowest BCUT2D eigenvalue weighted by atomic mass is 10.0. The quantitative estimate of drug-likeness (QED) is 0.114. The summed E-state index contributed by atoms with van der Waals surface area (Å²) in [6.45, 7) is 7.15. The van der Waals surface area contributed by atoms with E-state index in [1.54, 1.807) is 0 Å². The van der Waals surface area contributed by atoms with Gasteiger partial charge in [0.05, 0.1) is 14.1 Å². The number of quaternary nitrogens is 1. The molecule has 0 spiro atoms. The molecule has 1 nitrogen and oxygen atoms in total. The number of likely N-dealkylation sites (N-methyl/N-ethyl adjacent to an activating group) is 1. The molecule has 0 saturated heterocycles. The molecule has 0 radical (unpaired) electrons. The molecule has 0 heterocycles. The monoisotopic (exact) mass is 493 g/mol. The molecule has 0 bridgehead atoms. The van der Waals surface area contributed by atoms with Gasteiger partial charge in [-0.15, -0.1) is 0 Å². The van der Waals surface area contributed by atoms with Crippen molar-refractivity contribution in [2.24, 2.45) is 0 Å². The number of nitrogens with zero attached hydrogens (tertiary/aromatic N) is 1. The summed E-state index contributed by atoms with van der Waals surface area (Å²) >= 11 is 0. The predicted molar refractivity (Wildman–Crippen MR) is 138 cm³/mol. The molecule has 0 saturated carbocycles. The molecule has 0 aliphatic carbocycles. The SMILES string of the molecule is C=CC[N+](C)(C)c1ccc(CCCCCCCCCCCCCCCCCC)cc1.[Br-]. The lowest BCUT2D eigenvalue weighted by molar-refractivity contribution is -0.00000669. The van der Waals surface area contributed by atoms with Crippen molar-refractivity contribution in [2.45, 2.75) is 116 Å². The summed E-state index contributed by atoms with van der Waals surface area (Å²) in [5.74, 6) is 0. The molecule has 31 heavy (non-hydrogen) atoms. The molecule has 0 fully saturated rings. The highest BCUT2D eigenvalue weighted by Crippen LogP contribution is 2.20. The van der Waals surface area contributed by atoms with Crippen molar-refractivity contribution >= 4 is 5.69 Å². The minimum absolute atomic E-state index is 0. The number of hydrogen-bond acceptors (Lipinski definition) is 0. The van der Waals surface area contributed by atoms with E-state index in [2.05, 4.69) is 51.9 Å². The molecule has 1 aromatic rings. The van der Waals surface area contributed by atoms with E-state index in [0.29, 0.717) is 0 Å². The molecule has 1 rings (SSSR count). The standard InChI is InChI=1S/C29H52N.BrH/c1-5-7-8-9-10-11-12-13-14-15-16-17-18-19-20-21-22-28-23-25-29(26-24-28)30(3,4)27-6-2;/h6,23-26H,2,5,7-22,27H2,1,3-4H3;1H/q+1;/p-1. The molecule has 2 heteroatoms. The Bertz CT molecular complexity index is 520. The molecule has 0 aromatic heterocycles. The Balaban J connectivity index is 0.00000900. The van der Waals surface area contributed by atoms with Gasteiger partial charge in [-0.3, -0.25) is 4.48 Å². The van der Waals surface area contributed by atoms with Gasteiger partial charge < -0.3 is 17.0 Å². The number of unbranched alkanes of at least 4 members (excludes halogenated alkanes) is 15. The van der Waals surface area contributed by atoms with E-state index >= 15 is 0 Å². The van der Waals surface area contributed by atoms with Gasteiger partial charge in [0.2, 0.25) is 0 Å². The van der Waals surface area contributed by atoms with Crippen LogP contribution in [0.25, 0.3) is 0 Å². The summed E-state index contributed by atoms with van der Waals surface area (Å²) in [6, 6.07) is 9.24. The van der Waals surface area contributed by atoms with Crippen LogP contribution in [0.4, 0.5) is 5.69 Å². The molecule has 0 aliphatic heterocycles. The summed E-state index contributed by atoms with van der Waals surface area (Å²) in [5, 5.41) is 0. The highest BCUT2D eigenvalue weighted by molar-refractivity contribution is 5.43. The van der Waals surface area contributed by atoms with Gasteiger partial charge >= 0.3 is 0 Å². The van der Waals surface area contributed by atoms with E-state index in [-0.39, 0.29) is 17.0 Å². The molecule has 0 atom stereocenters. The Kier molecular flexibility index (Phi) is 19.7. The topological polar surface area (TPSA) is 0 Å². The minimum atomic E-state index is 0. The number of hydrogen-bond donors (Lipinski definition) is 0. The number of rotatable bonds is 20. The first-order chi connectivity index (χ1) is 14.6. The minimum Gasteiger partial charge on any atom is -1.00 e. The average Bonchev–Trinajstić information content (AvgIpc) is 2.74. The zero-order valence-electron chi connectivity index (χ0n) is 21.1. The zero-order valence-corrected chi connectivity index (χ0v) is 22.7. The summed E-state index contributed by atoms with van der Waals surface area (Å²) in [5.41, 5.74) is 2.85. The van der Waals surface area contributed by atoms with Crippen LogP contribution in [-0.2, 0) is 6.42 Å². The Morgan fingerprint density at radius 2 is 1.03 bits per heavy atom. The molecular formula is C29H52BrN. The van der Waals surface area contributed by atoms with Crippen LogP contribution in [0.1, 0.15) is 115 Å². The van der Waals surface area contributed by atoms with Crippen LogP contribution in [0.2, 0.25) is 0 Å². The van der Waals surface area contributed by atoms with Crippen LogP contribution in [0.5, 0.6) is 0 Å². The van der Waals surface area contributed by atoms with Gasteiger partial charge in [0.1, 0.15) is 12.2 Å². The summed E-state index contributed by atoms with van der Waals surface area (Å²) < 4.78 is 0.878. The normalized spacial score (nSPS) is 11.3. The van der Waals surface area contributed by atoms with Gasteiger partial charge in [0.25, 0.3) is 0 Å². The lowest BCUT2D eigenvalue weighted by Crippen LogP contribution is -3.00. The van der Waals surface area contributed by atoms with Crippen LogP contribution < -0.4 is 21.5 Å². The largest absolute Gasteiger partial charge is 1.00 e. The number of aryl methyl sites for hydroxylation is 1. The van der Waals surface area contributed by atoms with Crippen molar-refractivity contribution < 1.29 is 17.0 Å². The fourth-order valence-electron chi connectivity index (χ4n) is 4.37. The second-order valence-corrected chi connectivity index (χ2v) is 9.88. The molecule has 0 aliphatic rings. The zero-order chi connectivity index (χ0) is 21.9. The van der Waals surface area contributed by atoms with Crippen molar-refractivity contribution in [2.75, 3.05) is 20.6 Å². The number of benzene rings is 1. The predicted octanol–water partition coefficient (Wildman–Crippen LogP) is 6.25. The van der Waals surface area contributed by atoms with Gasteiger partial charge in [0, 0.05) is 0 Å². The van der Waals surface area contributed by atoms with Gasteiger partial charge in [-0.2, -0.15) is 0 Å². The molecular weight excluding hydrogens is 442 g/mol. The first-order valence-corrected chi connectivity index (χ1v) is 13.1. The third-order valence-electron chi connectivity index (χ3n) is 6.54. The van der Waals surface area contributed by atoms with Gasteiger partial charge in [-0.05, 0) is 36.6 Å². The maximum Gasteiger partial charge on any atom is 0.132 e. The molecule has 180 valence electrons. The van der Waals surface area contributed by atoms with E-state index in [0.717, 1.165) is 11.0 Å². The third kappa shape index (κ3) is 15.8. The maximum absolute atomic E-state index is 3.88. The van der Waals surface area contributed by atoms with Gasteiger partial charge in [-0.25, -0.2) is 0 Å². The molecule has 1 aromatic carbocycles. The Hall–Kier alpha value is -0.600. The summed E-state index contributed by atoms with van der Waals surface area (Å²) in [6.07, 6.45) is 26.2. The third-order valence-corrected chi connectivity index (χ3v) is 6.54. The fourth-order valence-corrected chi connectivity index (χ4v) is 4.37. The fraction of sp³-hybridized carbons (Fsp3) is 0.724. The van der Waals surface area contributed by atoms with Crippen molar-refractivity contribution in [1.82, 2.24) is 4.48 Å². The summed E-state index contributed by atoms with van der Waals surface area (Å²) in [4.78, 5) is 0. The maximum atomic E-state index is 3.88. The first kappa shape index (κ1) is 30.4. The highest BCUT2D eigenvalue weighted by atomic mass is 79.9. The van der Waals surface area contributed by atoms with Crippen LogP contribution in [0, 0.1) is 0 Å². The second kappa shape index (κ2) is 20.0. The van der Waals surface area contributed by atoms with E-state index < -0.39 is 0 Å². The van der Waals surface area contributed by atoms with Gasteiger partial charge in [0.15, 0.2) is 0 Å². The van der Waals surface area contributed by atoms with Crippen molar-refractivity contribution in [3.63, 3.8) is 0 Å². The van der Waals surface area contributed by atoms with Gasteiger partial charge in [-0.1, -0.05) is 122 Å². The molecule has 0 amide bonds. The van der Waals surface area contributed by atoms with E-state index in [9.17, 15) is 0 Å². The van der Waals surface area contributed by atoms with Crippen molar-refractivity contribution in [3.05, 3.63) is 42.5 Å². The van der Waals surface area contributed by atoms with Crippen molar-refractivity contribution in [1.29, 1.82) is 0 Å². The van der Waals surface area contributed by atoms with E-state index in [4.69, 9.17) is 0 Å².